The largest absolute Gasteiger partial charge is 0.482 e. The zero-order valence-electron chi connectivity index (χ0n) is 39.8. The SMILES string of the molecule is CC(F)Oc1ccccc1CNC(=O)c1cc(C(=O)NCc2ccc3c(c2)NC(=O)CO3)nc2ccnn12.O=C1COc2ccc(CNC(=O)c3cc(C(=O)NCc4cccc(OC(F)F)c4)n4nccc4n3)cc2N1. The number of fused-ring (bicyclic) bond motifs is 4. The van der Waals surface area contributed by atoms with Crippen molar-refractivity contribution in [1.82, 2.24) is 50.5 Å². The second-order valence-electron chi connectivity index (χ2n) is 16.6. The minimum Gasteiger partial charge on any atom is -0.482 e. The Hall–Kier alpha value is -10.1. The Kier molecular flexibility index (Phi) is 15.2. The van der Waals surface area contributed by atoms with Gasteiger partial charge in [0, 0.05) is 62.9 Å². The van der Waals surface area contributed by atoms with E-state index < -0.39 is 36.6 Å². The molecule has 0 saturated carbocycles. The second kappa shape index (κ2) is 22.8. The van der Waals surface area contributed by atoms with Gasteiger partial charge in [0.05, 0.1) is 23.8 Å². The molecular formula is C51H43F3N12O10. The summed E-state index contributed by atoms with van der Waals surface area (Å²) in [4.78, 5) is 83.6. The van der Waals surface area contributed by atoms with Gasteiger partial charge in [-0.2, -0.15) is 19.0 Å². The Morgan fingerprint density at radius 2 is 1.09 bits per heavy atom. The van der Waals surface area contributed by atoms with Gasteiger partial charge < -0.3 is 50.8 Å². The standard InChI is InChI=1S/C26H23FN6O5.C25H20F2N6O5/c1-15(27)38-21-5-3-2-4-17(21)13-29-26(36)20-11-19(31-23-8-9-30-33(20)23)25(35)28-12-16-6-7-22-18(10-16)32-24(34)14-37-22;26-25(27)38-16-3-1-2-14(8-16)11-29-24(36)19-10-18(31-21-6-7-30-33(19)21)23(35)28-12-15-4-5-20-17(9-15)32-22(34)13-37-20/h2-11,15H,12-14H2,1H3,(H,28,35)(H,29,36)(H,32,34);1-10,25H,11-13H2,(H,28,35)(H,29,36)(H,32,34). The van der Waals surface area contributed by atoms with E-state index in [0.29, 0.717) is 51.0 Å². The molecular weight excluding hydrogens is 998 g/mol. The highest BCUT2D eigenvalue weighted by atomic mass is 19.3. The van der Waals surface area contributed by atoms with Gasteiger partial charge in [0.1, 0.15) is 45.8 Å². The van der Waals surface area contributed by atoms with Crippen LogP contribution in [0.3, 0.4) is 0 Å². The predicted molar refractivity (Wildman–Crippen MR) is 263 cm³/mol. The molecule has 22 nitrogen and oxygen atoms in total. The fourth-order valence-corrected chi connectivity index (χ4v) is 7.72. The van der Waals surface area contributed by atoms with Crippen molar-refractivity contribution < 1.29 is 60.9 Å². The summed E-state index contributed by atoms with van der Waals surface area (Å²) >= 11 is 0. The molecule has 1 atom stereocenters. The van der Waals surface area contributed by atoms with Crippen LogP contribution in [0.25, 0.3) is 11.3 Å². The van der Waals surface area contributed by atoms with Gasteiger partial charge in [0.2, 0.25) is 6.36 Å². The van der Waals surface area contributed by atoms with Crippen molar-refractivity contribution in [2.24, 2.45) is 0 Å². The van der Waals surface area contributed by atoms with E-state index in [0.717, 1.165) is 5.56 Å². The molecule has 1 unspecified atom stereocenters. The van der Waals surface area contributed by atoms with E-state index in [1.165, 1.54) is 58.7 Å². The number of anilines is 2. The van der Waals surface area contributed by atoms with Crippen LogP contribution in [0, 0.1) is 0 Å². The monoisotopic (exact) mass is 1040 g/mol. The third-order valence-corrected chi connectivity index (χ3v) is 11.2. The number of ether oxygens (including phenoxy) is 4. The maximum Gasteiger partial charge on any atom is 0.387 e. The number of carbonyl (C=O) groups excluding carboxylic acids is 6. The molecule has 4 aromatic heterocycles. The van der Waals surface area contributed by atoms with Gasteiger partial charge in [0.15, 0.2) is 24.5 Å². The van der Waals surface area contributed by atoms with Gasteiger partial charge in [-0.25, -0.2) is 23.4 Å². The van der Waals surface area contributed by atoms with Crippen LogP contribution in [0.5, 0.6) is 23.0 Å². The number of nitrogens with one attached hydrogen (secondary N) is 6. The van der Waals surface area contributed by atoms with E-state index in [1.807, 2.05) is 0 Å². The third kappa shape index (κ3) is 12.4. The molecule has 0 bridgehead atoms. The van der Waals surface area contributed by atoms with Crippen LogP contribution in [0.1, 0.15) is 71.1 Å². The molecule has 4 aromatic carbocycles. The van der Waals surface area contributed by atoms with Crippen LogP contribution in [0.4, 0.5) is 24.5 Å². The summed E-state index contributed by atoms with van der Waals surface area (Å²) in [6, 6.07) is 28.9. The van der Waals surface area contributed by atoms with Crippen LogP contribution < -0.4 is 50.8 Å². The summed E-state index contributed by atoms with van der Waals surface area (Å²) < 4.78 is 61.2. The fraction of sp³-hybridized carbons (Fsp3) is 0.176. The predicted octanol–water partition coefficient (Wildman–Crippen LogP) is 5.14. The molecule has 0 saturated heterocycles. The number of benzene rings is 4. The molecule has 0 fully saturated rings. The van der Waals surface area contributed by atoms with Gasteiger partial charge in [0.25, 0.3) is 35.4 Å². The molecule has 2 aliphatic rings. The average molecular weight is 1040 g/mol. The number of hydrogen-bond acceptors (Lipinski definition) is 14. The van der Waals surface area contributed by atoms with Crippen LogP contribution in [0.2, 0.25) is 0 Å². The third-order valence-electron chi connectivity index (χ3n) is 11.2. The molecule has 0 aliphatic carbocycles. The van der Waals surface area contributed by atoms with E-state index in [2.05, 4.69) is 56.8 Å². The van der Waals surface area contributed by atoms with Gasteiger partial charge >= 0.3 is 6.61 Å². The van der Waals surface area contributed by atoms with Crippen molar-refractivity contribution in [2.75, 3.05) is 23.8 Å². The lowest BCUT2D eigenvalue weighted by atomic mass is 10.1. The average Bonchev–Trinajstić information content (AvgIpc) is 4.10. The van der Waals surface area contributed by atoms with E-state index >= 15 is 0 Å². The number of hydrogen-bond donors (Lipinski definition) is 6. The zero-order valence-corrected chi connectivity index (χ0v) is 39.8. The Bertz CT molecular complexity index is 3530. The number of amides is 6. The van der Waals surface area contributed by atoms with E-state index in [9.17, 15) is 41.9 Å². The van der Waals surface area contributed by atoms with Crippen LogP contribution in [-0.4, -0.2) is 90.8 Å². The molecule has 76 heavy (non-hydrogen) atoms. The first-order valence-corrected chi connectivity index (χ1v) is 23.1. The quantitative estimate of drug-likeness (QED) is 0.0732. The normalized spacial score (nSPS) is 12.8. The minimum absolute atomic E-state index is 0.00919. The number of aromatic nitrogens is 6. The molecule has 0 spiro atoms. The molecule has 388 valence electrons. The highest BCUT2D eigenvalue weighted by Crippen LogP contribution is 2.30. The number of halogens is 3. The van der Waals surface area contributed by atoms with E-state index in [1.54, 1.807) is 78.9 Å². The van der Waals surface area contributed by atoms with E-state index in [4.69, 9.17) is 14.2 Å². The molecule has 25 heteroatoms. The van der Waals surface area contributed by atoms with E-state index in [-0.39, 0.29) is 85.4 Å². The highest BCUT2D eigenvalue weighted by Gasteiger charge is 2.22. The van der Waals surface area contributed by atoms with Crippen molar-refractivity contribution in [1.29, 1.82) is 0 Å². The Morgan fingerprint density at radius 3 is 1.62 bits per heavy atom. The van der Waals surface area contributed by atoms with Gasteiger partial charge in [-0.3, -0.25) is 28.8 Å². The van der Waals surface area contributed by atoms with Gasteiger partial charge in [-0.05, 0) is 59.2 Å². The number of carbonyl (C=O) groups is 6. The van der Waals surface area contributed by atoms with Crippen LogP contribution in [0.15, 0.2) is 122 Å². The Balaban J connectivity index is 0.000000186. The lowest BCUT2D eigenvalue weighted by molar-refractivity contribution is -0.119. The first-order valence-electron chi connectivity index (χ1n) is 23.1. The molecule has 0 radical (unpaired) electrons. The first-order chi connectivity index (χ1) is 36.7. The number of alkyl halides is 3. The van der Waals surface area contributed by atoms with Crippen molar-refractivity contribution in [3.05, 3.63) is 167 Å². The summed E-state index contributed by atoms with van der Waals surface area (Å²) in [7, 11) is 0. The second-order valence-corrected chi connectivity index (χ2v) is 16.6. The maximum absolute atomic E-state index is 13.4. The molecule has 6 amide bonds. The lowest BCUT2D eigenvalue weighted by Crippen LogP contribution is -2.29. The summed E-state index contributed by atoms with van der Waals surface area (Å²) in [6.07, 6.45) is 1.40. The maximum atomic E-state index is 13.4. The number of para-hydroxylation sites is 1. The van der Waals surface area contributed by atoms with Crippen molar-refractivity contribution in [3.63, 3.8) is 0 Å². The van der Waals surface area contributed by atoms with Crippen molar-refractivity contribution in [2.45, 2.75) is 46.1 Å². The zero-order chi connectivity index (χ0) is 53.3. The van der Waals surface area contributed by atoms with Crippen molar-refractivity contribution in [3.8, 4) is 23.0 Å². The summed E-state index contributed by atoms with van der Waals surface area (Å²) in [5.41, 5.74) is 4.35. The molecule has 6 heterocycles. The lowest BCUT2D eigenvalue weighted by Gasteiger charge is -2.18. The first kappa shape index (κ1) is 50.9. The number of nitrogens with zero attached hydrogens (tertiary/aromatic N) is 6. The number of rotatable bonds is 16. The van der Waals surface area contributed by atoms with Crippen LogP contribution in [-0.2, 0) is 35.8 Å². The Labute approximate surface area is 427 Å². The molecule has 2 aliphatic heterocycles. The highest BCUT2D eigenvalue weighted by molar-refractivity contribution is 6.00. The molecule has 6 N–H and O–H groups in total. The fourth-order valence-electron chi connectivity index (χ4n) is 7.72. The summed E-state index contributed by atoms with van der Waals surface area (Å²) in [5.74, 6) is -1.24. The molecule has 8 aromatic rings. The van der Waals surface area contributed by atoms with Crippen molar-refractivity contribution >= 4 is 58.1 Å². The topological polar surface area (TPSA) is 272 Å². The Morgan fingerprint density at radius 1 is 0.592 bits per heavy atom. The summed E-state index contributed by atoms with van der Waals surface area (Å²) in [6.45, 7) is -1.43. The smallest absolute Gasteiger partial charge is 0.387 e. The summed E-state index contributed by atoms with van der Waals surface area (Å²) in [5, 5.41) is 24.6. The minimum atomic E-state index is -2.96. The molecule has 10 rings (SSSR count). The van der Waals surface area contributed by atoms with Crippen LogP contribution >= 0.6 is 0 Å². The van der Waals surface area contributed by atoms with Gasteiger partial charge in [-0.15, -0.1) is 0 Å². The van der Waals surface area contributed by atoms with Gasteiger partial charge in [-0.1, -0.05) is 42.5 Å².